The number of rotatable bonds is 5. The summed E-state index contributed by atoms with van der Waals surface area (Å²) in [7, 11) is 0. The molecule has 0 radical (unpaired) electrons. The first kappa shape index (κ1) is 14.1. The van der Waals surface area contributed by atoms with E-state index in [9.17, 15) is 9.59 Å². The van der Waals surface area contributed by atoms with Gasteiger partial charge in [0.15, 0.2) is 0 Å². The number of nitrogens with two attached hydrogens (primary N) is 1. The van der Waals surface area contributed by atoms with Gasteiger partial charge < -0.3 is 11.1 Å². The molecule has 3 rings (SSSR count). The number of para-hydroxylation sites is 1. The smallest absolute Gasteiger partial charge is 0.234 e. The fourth-order valence-electron chi connectivity index (χ4n) is 2.99. The van der Waals surface area contributed by atoms with Crippen molar-refractivity contribution in [1.29, 1.82) is 0 Å². The molecule has 1 saturated heterocycles. The van der Waals surface area contributed by atoms with Crippen LogP contribution in [0.1, 0.15) is 19.3 Å². The van der Waals surface area contributed by atoms with Gasteiger partial charge in [-0.05, 0) is 37.3 Å². The molecule has 1 aliphatic carbocycles. The number of hydrogen-bond donors (Lipinski definition) is 2. The van der Waals surface area contributed by atoms with Gasteiger partial charge in [0.05, 0.1) is 12.0 Å². The van der Waals surface area contributed by atoms with Gasteiger partial charge in [-0.25, -0.2) is 0 Å². The molecule has 2 aliphatic rings. The topological polar surface area (TPSA) is 75.4 Å². The highest BCUT2D eigenvalue weighted by atomic mass is 16.2. The molecule has 1 aliphatic heterocycles. The van der Waals surface area contributed by atoms with Crippen LogP contribution in [0.3, 0.4) is 0 Å². The van der Waals surface area contributed by atoms with Gasteiger partial charge in [0, 0.05) is 18.8 Å². The fraction of sp³-hybridized carbons (Fsp3) is 0.500. The lowest BCUT2D eigenvalue weighted by atomic mass is 10.0. The molecule has 5 nitrogen and oxygen atoms in total. The summed E-state index contributed by atoms with van der Waals surface area (Å²) in [6.07, 6.45) is 2.98. The molecule has 112 valence electrons. The predicted molar refractivity (Wildman–Crippen MR) is 80.5 cm³/mol. The Balaban J connectivity index is 1.62. The van der Waals surface area contributed by atoms with Crippen molar-refractivity contribution in [3.63, 3.8) is 0 Å². The second kappa shape index (κ2) is 5.85. The van der Waals surface area contributed by atoms with Crippen LogP contribution in [-0.4, -0.2) is 35.8 Å². The number of likely N-dealkylation sites (tertiary alicyclic amines) is 1. The molecule has 21 heavy (non-hydrogen) atoms. The molecule has 1 heterocycles. The summed E-state index contributed by atoms with van der Waals surface area (Å²) < 4.78 is 0. The average molecular weight is 287 g/mol. The predicted octanol–water partition coefficient (Wildman–Crippen LogP) is 1.21. The van der Waals surface area contributed by atoms with Gasteiger partial charge in [-0.2, -0.15) is 0 Å². The Labute approximate surface area is 124 Å². The van der Waals surface area contributed by atoms with Gasteiger partial charge >= 0.3 is 0 Å². The van der Waals surface area contributed by atoms with E-state index >= 15 is 0 Å². The molecule has 0 bridgehead atoms. The molecule has 2 atom stereocenters. The summed E-state index contributed by atoms with van der Waals surface area (Å²) in [6, 6.07) is 9.11. The third kappa shape index (κ3) is 3.42. The van der Waals surface area contributed by atoms with E-state index in [1.807, 2.05) is 30.3 Å². The summed E-state index contributed by atoms with van der Waals surface area (Å²) in [5, 5.41) is 2.92. The molecule has 0 spiro atoms. The Morgan fingerprint density at radius 3 is 2.57 bits per heavy atom. The Kier molecular flexibility index (Phi) is 3.92. The normalized spacial score (nSPS) is 25.7. The molecular formula is C16H21N3O2. The quantitative estimate of drug-likeness (QED) is 0.854. The first-order valence-electron chi connectivity index (χ1n) is 7.53. The standard InChI is InChI=1S/C16H21N3O2/c17-15(20)14-8-12(10-19(14)9-11-6-7-11)16(21)18-13-4-2-1-3-5-13/h1-5,11-12,14H,6-10H2,(H2,17,20)(H,18,21). The van der Waals surface area contributed by atoms with Gasteiger partial charge in [-0.15, -0.1) is 0 Å². The molecule has 2 unspecified atom stereocenters. The highest BCUT2D eigenvalue weighted by Crippen LogP contribution is 2.33. The van der Waals surface area contributed by atoms with E-state index in [1.54, 1.807) is 0 Å². The van der Waals surface area contributed by atoms with Crippen molar-refractivity contribution in [3.05, 3.63) is 30.3 Å². The maximum Gasteiger partial charge on any atom is 0.234 e. The maximum absolute atomic E-state index is 12.3. The van der Waals surface area contributed by atoms with Gasteiger partial charge in [0.25, 0.3) is 0 Å². The van der Waals surface area contributed by atoms with Crippen LogP contribution >= 0.6 is 0 Å². The van der Waals surface area contributed by atoms with E-state index in [0.29, 0.717) is 18.9 Å². The van der Waals surface area contributed by atoms with Gasteiger partial charge in [0.2, 0.25) is 11.8 Å². The van der Waals surface area contributed by atoms with Crippen LogP contribution in [0.4, 0.5) is 5.69 Å². The molecule has 0 aromatic heterocycles. The largest absolute Gasteiger partial charge is 0.368 e. The van der Waals surface area contributed by atoms with Crippen LogP contribution in [0.2, 0.25) is 0 Å². The number of amides is 2. The average Bonchev–Trinajstić information content (AvgIpc) is 3.16. The number of nitrogens with one attached hydrogen (secondary N) is 1. The summed E-state index contributed by atoms with van der Waals surface area (Å²) >= 11 is 0. The van der Waals surface area contributed by atoms with Crippen LogP contribution in [-0.2, 0) is 9.59 Å². The lowest BCUT2D eigenvalue weighted by molar-refractivity contribution is -0.122. The van der Waals surface area contributed by atoms with Gasteiger partial charge in [-0.1, -0.05) is 18.2 Å². The summed E-state index contributed by atoms with van der Waals surface area (Å²) in [5.74, 6) is 0.181. The number of nitrogens with zero attached hydrogens (tertiary/aromatic N) is 1. The Morgan fingerprint density at radius 1 is 1.24 bits per heavy atom. The van der Waals surface area contributed by atoms with E-state index in [2.05, 4.69) is 10.2 Å². The second-order valence-corrected chi connectivity index (χ2v) is 6.10. The van der Waals surface area contributed by atoms with Crippen molar-refractivity contribution < 1.29 is 9.59 Å². The first-order chi connectivity index (χ1) is 10.1. The van der Waals surface area contributed by atoms with Crippen molar-refractivity contribution in [2.75, 3.05) is 18.4 Å². The third-order valence-corrected chi connectivity index (χ3v) is 4.33. The van der Waals surface area contributed by atoms with E-state index in [1.165, 1.54) is 12.8 Å². The summed E-state index contributed by atoms with van der Waals surface area (Å²) in [6.45, 7) is 1.52. The Hall–Kier alpha value is -1.88. The number of carbonyl (C=O) groups is 2. The second-order valence-electron chi connectivity index (χ2n) is 6.10. The summed E-state index contributed by atoms with van der Waals surface area (Å²) in [5.41, 5.74) is 6.28. The van der Waals surface area contributed by atoms with Crippen LogP contribution in [0.15, 0.2) is 30.3 Å². The van der Waals surface area contributed by atoms with Crippen molar-refractivity contribution in [3.8, 4) is 0 Å². The zero-order valence-electron chi connectivity index (χ0n) is 12.0. The number of hydrogen-bond acceptors (Lipinski definition) is 3. The fourth-order valence-corrected chi connectivity index (χ4v) is 2.99. The molecule has 5 heteroatoms. The maximum atomic E-state index is 12.3. The Bertz CT molecular complexity index is 528. The van der Waals surface area contributed by atoms with Gasteiger partial charge in [0.1, 0.15) is 0 Å². The highest BCUT2D eigenvalue weighted by molar-refractivity contribution is 5.94. The summed E-state index contributed by atoms with van der Waals surface area (Å²) in [4.78, 5) is 26.0. The lowest BCUT2D eigenvalue weighted by Gasteiger charge is -2.21. The first-order valence-corrected chi connectivity index (χ1v) is 7.53. The van der Waals surface area contributed by atoms with Crippen molar-refractivity contribution in [1.82, 2.24) is 4.90 Å². The van der Waals surface area contributed by atoms with Crippen molar-refractivity contribution in [2.45, 2.75) is 25.3 Å². The van der Waals surface area contributed by atoms with Crippen molar-refractivity contribution >= 4 is 17.5 Å². The number of anilines is 1. The lowest BCUT2D eigenvalue weighted by Crippen LogP contribution is -2.41. The zero-order valence-corrected chi connectivity index (χ0v) is 12.0. The minimum absolute atomic E-state index is 0.0225. The molecule has 3 N–H and O–H groups in total. The van der Waals surface area contributed by atoms with Crippen molar-refractivity contribution in [2.24, 2.45) is 17.6 Å². The SMILES string of the molecule is NC(=O)C1CC(C(=O)Nc2ccccc2)CN1CC1CC1. The minimum atomic E-state index is -0.314. The monoisotopic (exact) mass is 287 g/mol. The van der Waals surface area contributed by atoms with Crippen LogP contribution in [0.5, 0.6) is 0 Å². The van der Waals surface area contributed by atoms with E-state index < -0.39 is 0 Å². The number of benzene rings is 1. The highest BCUT2D eigenvalue weighted by Gasteiger charge is 2.41. The molecule has 1 aromatic rings. The zero-order chi connectivity index (χ0) is 14.8. The molecule has 1 saturated carbocycles. The van der Waals surface area contributed by atoms with Crippen LogP contribution in [0.25, 0.3) is 0 Å². The third-order valence-electron chi connectivity index (χ3n) is 4.33. The number of primary amides is 1. The molecule has 2 fully saturated rings. The van der Waals surface area contributed by atoms with E-state index in [-0.39, 0.29) is 23.8 Å². The Morgan fingerprint density at radius 2 is 1.95 bits per heavy atom. The molecular weight excluding hydrogens is 266 g/mol. The minimum Gasteiger partial charge on any atom is -0.368 e. The molecule has 2 amide bonds. The van der Waals surface area contributed by atoms with Crippen LogP contribution in [0, 0.1) is 11.8 Å². The molecule has 1 aromatic carbocycles. The van der Waals surface area contributed by atoms with Crippen LogP contribution < -0.4 is 11.1 Å². The number of carbonyl (C=O) groups excluding carboxylic acids is 2. The van der Waals surface area contributed by atoms with E-state index in [4.69, 9.17) is 5.73 Å². The van der Waals surface area contributed by atoms with Gasteiger partial charge in [-0.3, -0.25) is 14.5 Å². The van der Waals surface area contributed by atoms with E-state index in [0.717, 1.165) is 12.2 Å².